The van der Waals surface area contributed by atoms with Crippen LogP contribution in [0.15, 0.2) is 41.5 Å². The summed E-state index contributed by atoms with van der Waals surface area (Å²) in [5, 5.41) is 11.3. The smallest absolute Gasteiger partial charge is 0.216 e. The Morgan fingerprint density at radius 1 is 1.27 bits per heavy atom. The third kappa shape index (κ3) is 3.84. The molecule has 0 bridgehead atoms. The van der Waals surface area contributed by atoms with Gasteiger partial charge < -0.3 is 4.74 Å². The van der Waals surface area contributed by atoms with Gasteiger partial charge in [0.05, 0.1) is 11.2 Å². The average molecular weight is 391 g/mol. The van der Waals surface area contributed by atoms with Gasteiger partial charge in [-0.3, -0.25) is 0 Å². The molecule has 0 fully saturated rings. The number of hydrogen-bond acceptors (Lipinski definition) is 4. The molecule has 0 atom stereocenters. The van der Waals surface area contributed by atoms with Crippen molar-refractivity contribution in [3.8, 4) is 5.75 Å². The van der Waals surface area contributed by atoms with Crippen molar-refractivity contribution in [2.24, 2.45) is 5.10 Å². The minimum atomic E-state index is -0.468. The van der Waals surface area contributed by atoms with E-state index in [0.717, 1.165) is 16.9 Å². The van der Waals surface area contributed by atoms with E-state index in [0.29, 0.717) is 5.82 Å². The topological polar surface area (TPSA) is 55.2 Å². The monoisotopic (exact) mass is 390 g/mol. The largest absolute Gasteiger partial charge is 0.485 e. The van der Waals surface area contributed by atoms with Crippen molar-refractivity contribution >= 4 is 30.0 Å². The molecule has 3 aromatic rings. The maximum absolute atomic E-state index is 13.9. The number of aryl methyl sites for hydroxylation is 2. The second-order valence-electron chi connectivity index (χ2n) is 5.65. The first-order chi connectivity index (χ1) is 12.5. The normalized spacial score (nSPS) is 11.2. The van der Waals surface area contributed by atoms with E-state index in [1.165, 1.54) is 23.0 Å². The van der Waals surface area contributed by atoms with Crippen LogP contribution in [0, 0.1) is 24.4 Å². The van der Waals surface area contributed by atoms with E-state index in [-0.39, 0.29) is 22.0 Å². The van der Waals surface area contributed by atoms with Gasteiger partial charge in [-0.05, 0) is 49.3 Å². The Labute approximate surface area is 160 Å². The summed E-state index contributed by atoms with van der Waals surface area (Å²) in [7, 11) is 0. The van der Waals surface area contributed by atoms with Crippen LogP contribution in [0.1, 0.15) is 22.5 Å². The van der Waals surface area contributed by atoms with Crippen LogP contribution < -0.4 is 4.74 Å². The minimum Gasteiger partial charge on any atom is -0.485 e. The quantitative estimate of drug-likeness (QED) is 0.502. The Balaban J connectivity index is 1.86. The maximum atomic E-state index is 13.9. The summed E-state index contributed by atoms with van der Waals surface area (Å²) >= 11 is 11.2. The first-order valence-electron chi connectivity index (χ1n) is 7.81. The molecular formula is C18H16ClFN4OS. The van der Waals surface area contributed by atoms with Crippen molar-refractivity contribution in [2.45, 2.75) is 20.5 Å². The van der Waals surface area contributed by atoms with E-state index in [1.54, 1.807) is 6.07 Å². The van der Waals surface area contributed by atoms with Gasteiger partial charge in [0, 0.05) is 5.56 Å². The van der Waals surface area contributed by atoms with Gasteiger partial charge in [0.2, 0.25) is 4.77 Å². The molecule has 0 aliphatic heterocycles. The van der Waals surface area contributed by atoms with E-state index >= 15 is 0 Å². The molecule has 5 nitrogen and oxygen atoms in total. The lowest BCUT2D eigenvalue weighted by Gasteiger charge is -2.11. The number of ether oxygens (including phenoxy) is 1. The zero-order valence-electron chi connectivity index (χ0n) is 14.2. The van der Waals surface area contributed by atoms with Crippen molar-refractivity contribution in [1.82, 2.24) is 14.9 Å². The zero-order chi connectivity index (χ0) is 18.7. The van der Waals surface area contributed by atoms with E-state index in [9.17, 15) is 4.39 Å². The number of H-pyrrole nitrogens is 1. The zero-order valence-corrected chi connectivity index (χ0v) is 15.7. The molecular weight excluding hydrogens is 375 g/mol. The number of rotatable bonds is 5. The van der Waals surface area contributed by atoms with Crippen LogP contribution in [0.25, 0.3) is 0 Å². The SMILES string of the molecule is Cc1cccc(C)c1OCc1n[nH]c(=S)n1N=Cc1c(F)cccc1Cl. The molecule has 0 aliphatic rings. The van der Waals surface area contributed by atoms with Crippen LogP contribution in [0.5, 0.6) is 5.75 Å². The fraction of sp³-hybridized carbons (Fsp3) is 0.167. The Morgan fingerprint density at radius 2 is 1.96 bits per heavy atom. The molecule has 1 N–H and O–H groups in total. The highest BCUT2D eigenvalue weighted by Crippen LogP contribution is 2.23. The van der Waals surface area contributed by atoms with E-state index in [4.69, 9.17) is 28.6 Å². The summed E-state index contributed by atoms with van der Waals surface area (Å²) < 4.78 is 21.4. The third-order valence-corrected chi connectivity index (χ3v) is 4.37. The molecule has 134 valence electrons. The fourth-order valence-corrected chi connectivity index (χ4v) is 2.86. The molecule has 0 aliphatic carbocycles. The lowest BCUT2D eigenvalue weighted by molar-refractivity contribution is 0.287. The molecule has 0 saturated heterocycles. The summed E-state index contributed by atoms with van der Waals surface area (Å²) in [5.74, 6) is 0.778. The average Bonchev–Trinajstić information content (AvgIpc) is 2.94. The lowest BCUT2D eigenvalue weighted by Crippen LogP contribution is -2.06. The minimum absolute atomic E-state index is 0.154. The highest BCUT2D eigenvalue weighted by atomic mass is 35.5. The van der Waals surface area contributed by atoms with Crippen LogP contribution in [0.2, 0.25) is 5.02 Å². The highest BCUT2D eigenvalue weighted by molar-refractivity contribution is 7.71. The predicted octanol–water partition coefficient (Wildman–Crippen LogP) is 4.81. The van der Waals surface area contributed by atoms with Crippen molar-refractivity contribution < 1.29 is 9.13 Å². The number of nitrogens with one attached hydrogen (secondary N) is 1. The van der Waals surface area contributed by atoms with E-state index < -0.39 is 5.82 Å². The predicted molar refractivity (Wildman–Crippen MR) is 102 cm³/mol. The molecule has 8 heteroatoms. The van der Waals surface area contributed by atoms with Crippen LogP contribution >= 0.6 is 23.8 Å². The van der Waals surface area contributed by atoms with Crippen molar-refractivity contribution in [2.75, 3.05) is 0 Å². The molecule has 26 heavy (non-hydrogen) atoms. The lowest BCUT2D eigenvalue weighted by atomic mass is 10.1. The number of hydrogen-bond donors (Lipinski definition) is 1. The number of aromatic amines is 1. The number of para-hydroxylation sites is 1. The van der Waals surface area contributed by atoms with E-state index in [1.807, 2.05) is 32.0 Å². The molecule has 0 unspecified atom stereocenters. The summed E-state index contributed by atoms with van der Waals surface area (Å²) in [5.41, 5.74) is 2.22. The first kappa shape index (κ1) is 18.3. The Kier molecular flexibility index (Phi) is 5.49. The summed E-state index contributed by atoms with van der Waals surface area (Å²) in [6.07, 6.45) is 1.31. The van der Waals surface area contributed by atoms with Gasteiger partial charge in [-0.2, -0.15) is 14.9 Å². The standard InChI is InChI=1S/C18H16ClFN4OS/c1-11-5-3-6-12(2)17(11)25-10-16-22-23-18(26)24(16)21-9-13-14(19)7-4-8-15(13)20/h3-9H,10H2,1-2H3,(H,23,26). The Bertz CT molecular complexity index is 988. The molecule has 0 saturated carbocycles. The number of benzene rings is 2. The molecule has 0 amide bonds. The van der Waals surface area contributed by atoms with Gasteiger partial charge in [-0.1, -0.05) is 35.9 Å². The van der Waals surface area contributed by atoms with Crippen molar-refractivity contribution in [3.63, 3.8) is 0 Å². The van der Waals surface area contributed by atoms with Crippen molar-refractivity contribution in [3.05, 3.63) is 74.5 Å². The number of aromatic nitrogens is 3. The van der Waals surface area contributed by atoms with Gasteiger partial charge in [0.1, 0.15) is 18.2 Å². The van der Waals surface area contributed by atoms with Gasteiger partial charge in [-0.25, -0.2) is 9.49 Å². The molecule has 0 spiro atoms. The molecule has 0 radical (unpaired) electrons. The molecule has 1 heterocycles. The van der Waals surface area contributed by atoms with Crippen LogP contribution in [0.4, 0.5) is 4.39 Å². The summed E-state index contributed by atoms with van der Waals surface area (Å²) in [6, 6.07) is 10.3. The summed E-state index contributed by atoms with van der Waals surface area (Å²) in [4.78, 5) is 0. The van der Waals surface area contributed by atoms with Crippen LogP contribution in [-0.4, -0.2) is 21.1 Å². The van der Waals surface area contributed by atoms with Gasteiger partial charge in [0.15, 0.2) is 5.82 Å². The second kappa shape index (κ2) is 7.80. The summed E-state index contributed by atoms with van der Waals surface area (Å²) in [6.45, 7) is 4.09. The Hall–Kier alpha value is -2.51. The van der Waals surface area contributed by atoms with E-state index in [2.05, 4.69) is 15.3 Å². The number of nitrogens with zero attached hydrogens (tertiary/aromatic N) is 3. The number of halogens is 2. The molecule has 1 aromatic heterocycles. The van der Waals surface area contributed by atoms with Crippen LogP contribution in [0.3, 0.4) is 0 Å². The van der Waals surface area contributed by atoms with Gasteiger partial charge in [-0.15, -0.1) is 0 Å². The highest BCUT2D eigenvalue weighted by Gasteiger charge is 2.10. The van der Waals surface area contributed by atoms with Crippen molar-refractivity contribution in [1.29, 1.82) is 0 Å². The first-order valence-corrected chi connectivity index (χ1v) is 8.59. The third-order valence-electron chi connectivity index (χ3n) is 3.77. The second-order valence-corrected chi connectivity index (χ2v) is 6.44. The molecule has 3 rings (SSSR count). The maximum Gasteiger partial charge on any atom is 0.216 e. The molecule has 2 aromatic carbocycles. The fourth-order valence-electron chi connectivity index (χ4n) is 2.45. The van der Waals surface area contributed by atoms with Crippen LogP contribution in [-0.2, 0) is 6.61 Å². The van der Waals surface area contributed by atoms with Gasteiger partial charge >= 0.3 is 0 Å². The van der Waals surface area contributed by atoms with Gasteiger partial charge in [0.25, 0.3) is 0 Å². The Morgan fingerprint density at radius 3 is 2.65 bits per heavy atom.